The van der Waals surface area contributed by atoms with Gasteiger partial charge in [0.05, 0.1) is 5.56 Å². The molecule has 4 heteroatoms. The van der Waals surface area contributed by atoms with Gasteiger partial charge in [-0.25, -0.2) is 4.39 Å². The molecule has 2 nitrogen and oxygen atoms in total. The highest BCUT2D eigenvalue weighted by atomic mass is 35.5. The lowest BCUT2D eigenvalue weighted by Gasteiger charge is -2.33. The lowest BCUT2D eigenvalue weighted by atomic mass is 9.93. The molecular formula is C17H15ClFNO. The number of nitrogens with zero attached hydrogens (tertiary/aromatic N) is 1. The van der Waals surface area contributed by atoms with Crippen molar-refractivity contribution in [1.82, 2.24) is 0 Å². The largest absolute Gasteiger partial charge is 0.308 e. The maximum absolute atomic E-state index is 13.9. The number of fused-ring (bicyclic) bond motifs is 1. The number of halogens is 2. The van der Waals surface area contributed by atoms with Crippen LogP contribution in [-0.4, -0.2) is 12.5 Å². The van der Waals surface area contributed by atoms with E-state index in [-0.39, 0.29) is 11.5 Å². The van der Waals surface area contributed by atoms with Gasteiger partial charge in [-0.15, -0.1) is 0 Å². The van der Waals surface area contributed by atoms with Gasteiger partial charge in [0.2, 0.25) is 0 Å². The summed E-state index contributed by atoms with van der Waals surface area (Å²) in [5.74, 6) is -0.541. The van der Waals surface area contributed by atoms with E-state index >= 15 is 0 Å². The van der Waals surface area contributed by atoms with Crippen molar-refractivity contribution in [2.45, 2.75) is 13.3 Å². The maximum atomic E-state index is 13.9. The zero-order chi connectivity index (χ0) is 15.0. The fourth-order valence-electron chi connectivity index (χ4n) is 2.80. The number of amides is 1. The van der Waals surface area contributed by atoms with Gasteiger partial charge >= 0.3 is 0 Å². The van der Waals surface area contributed by atoms with Crippen molar-refractivity contribution >= 4 is 23.2 Å². The number of anilines is 1. The fourth-order valence-corrected chi connectivity index (χ4v) is 2.97. The number of carbonyl (C=O) groups excluding carboxylic acids is 1. The van der Waals surface area contributed by atoms with Crippen LogP contribution in [0, 0.1) is 11.7 Å². The van der Waals surface area contributed by atoms with Crippen LogP contribution in [0.25, 0.3) is 0 Å². The summed E-state index contributed by atoms with van der Waals surface area (Å²) >= 11 is 5.89. The van der Waals surface area contributed by atoms with Crippen LogP contribution in [0.5, 0.6) is 0 Å². The highest BCUT2D eigenvalue weighted by Crippen LogP contribution is 2.31. The predicted octanol–water partition coefficient (Wildman–Crippen LogP) is 4.32. The molecule has 2 aromatic rings. The van der Waals surface area contributed by atoms with Gasteiger partial charge in [-0.3, -0.25) is 4.79 Å². The second kappa shape index (κ2) is 5.49. The Morgan fingerprint density at radius 2 is 2.05 bits per heavy atom. The van der Waals surface area contributed by atoms with Crippen molar-refractivity contribution in [1.29, 1.82) is 0 Å². The SMILES string of the molecule is CC1Cc2ccccc2N(C(=O)c2cc(Cl)ccc2F)C1. The average molecular weight is 304 g/mol. The first-order valence-electron chi connectivity index (χ1n) is 6.91. The van der Waals surface area contributed by atoms with Crippen molar-refractivity contribution in [3.05, 3.63) is 64.4 Å². The third-order valence-electron chi connectivity index (χ3n) is 3.75. The summed E-state index contributed by atoms with van der Waals surface area (Å²) in [6.07, 6.45) is 0.929. The number of carbonyl (C=O) groups is 1. The highest BCUT2D eigenvalue weighted by Gasteiger charge is 2.28. The lowest BCUT2D eigenvalue weighted by Crippen LogP contribution is -2.39. The Bertz CT molecular complexity index is 701. The minimum Gasteiger partial charge on any atom is -0.308 e. The van der Waals surface area contributed by atoms with E-state index in [4.69, 9.17) is 11.6 Å². The number of hydrogen-bond acceptors (Lipinski definition) is 1. The van der Waals surface area contributed by atoms with Crippen molar-refractivity contribution in [2.24, 2.45) is 5.92 Å². The smallest absolute Gasteiger partial charge is 0.261 e. The maximum Gasteiger partial charge on any atom is 0.261 e. The first-order valence-corrected chi connectivity index (χ1v) is 7.29. The molecule has 108 valence electrons. The highest BCUT2D eigenvalue weighted by molar-refractivity contribution is 6.31. The van der Waals surface area contributed by atoms with Crippen molar-refractivity contribution in [3.63, 3.8) is 0 Å². The van der Waals surface area contributed by atoms with E-state index in [9.17, 15) is 9.18 Å². The zero-order valence-electron chi connectivity index (χ0n) is 11.6. The number of benzene rings is 2. The van der Waals surface area contributed by atoms with Gasteiger partial charge in [0, 0.05) is 17.3 Å². The monoisotopic (exact) mass is 303 g/mol. The minimum atomic E-state index is -0.542. The van der Waals surface area contributed by atoms with Gasteiger partial charge in [-0.05, 0) is 42.2 Å². The molecule has 0 radical (unpaired) electrons. The van der Waals surface area contributed by atoms with E-state index in [1.54, 1.807) is 4.90 Å². The number of hydrogen-bond donors (Lipinski definition) is 0. The van der Waals surface area contributed by atoms with E-state index in [2.05, 4.69) is 6.92 Å². The first kappa shape index (κ1) is 14.1. The molecule has 0 aliphatic carbocycles. The first-order chi connectivity index (χ1) is 10.1. The Balaban J connectivity index is 2.04. The summed E-state index contributed by atoms with van der Waals surface area (Å²) in [6.45, 7) is 2.67. The third-order valence-corrected chi connectivity index (χ3v) is 3.98. The van der Waals surface area contributed by atoms with Crippen molar-refractivity contribution in [3.8, 4) is 0 Å². The van der Waals surface area contributed by atoms with E-state index in [0.29, 0.717) is 17.5 Å². The molecule has 1 unspecified atom stereocenters. The second-order valence-corrected chi connectivity index (χ2v) is 5.91. The van der Waals surface area contributed by atoms with E-state index in [1.807, 2.05) is 24.3 Å². The summed E-state index contributed by atoms with van der Waals surface area (Å²) in [7, 11) is 0. The predicted molar refractivity (Wildman–Crippen MR) is 82.4 cm³/mol. The summed E-state index contributed by atoms with van der Waals surface area (Å²) in [6, 6.07) is 11.8. The standard InChI is InChI=1S/C17H15ClFNO/c1-11-8-12-4-2-3-5-16(12)20(10-11)17(21)14-9-13(18)6-7-15(14)19/h2-7,9,11H,8,10H2,1H3. The van der Waals surface area contributed by atoms with Gasteiger partial charge in [0.1, 0.15) is 5.82 Å². The molecule has 0 saturated carbocycles. The molecule has 1 atom stereocenters. The van der Waals surface area contributed by atoms with E-state index in [0.717, 1.165) is 17.7 Å². The molecule has 21 heavy (non-hydrogen) atoms. The summed E-state index contributed by atoms with van der Waals surface area (Å²) < 4.78 is 13.9. The molecule has 0 aromatic heterocycles. The van der Waals surface area contributed by atoms with Crippen LogP contribution in [0.2, 0.25) is 5.02 Å². The molecule has 1 aliphatic heterocycles. The van der Waals surface area contributed by atoms with Crippen LogP contribution in [0.15, 0.2) is 42.5 Å². The lowest BCUT2D eigenvalue weighted by molar-refractivity contribution is 0.0977. The Kier molecular flexibility index (Phi) is 3.68. The molecule has 1 aliphatic rings. The Hall–Kier alpha value is -1.87. The molecule has 0 spiro atoms. The van der Waals surface area contributed by atoms with Crippen LogP contribution >= 0.6 is 11.6 Å². The molecule has 0 fully saturated rings. The van der Waals surface area contributed by atoms with E-state index < -0.39 is 5.82 Å². The molecule has 1 heterocycles. The normalized spacial score (nSPS) is 17.5. The topological polar surface area (TPSA) is 20.3 Å². The average Bonchev–Trinajstić information content (AvgIpc) is 2.48. The van der Waals surface area contributed by atoms with Gasteiger partial charge in [0.15, 0.2) is 0 Å². The minimum absolute atomic E-state index is 0.0198. The molecule has 1 amide bonds. The van der Waals surface area contributed by atoms with Crippen molar-refractivity contribution in [2.75, 3.05) is 11.4 Å². The molecule has 3 rings (SSSR count). The molecular weight excluding hydrogens is 289 g/mol. The van der Waals surface area contributed by atoms with Gasteiger partial charge in [-0.2, -0.15) is 0 Å². The zero-order valence-corrected chi connectivity index (χ0v) is 12.4. The Morgan fingerprint density at radius 1 is 1.29 bits per heavy atom. The number of para-hydroxylation sites is 1. The third kappa shape index (κ3) is 2.66. The van der Waals surface area contributed by atoms with Crippen molar-refractivity contribution < 1.29 is 9.18 Å². The number of rotatable bonds is 1. The van der Waals surface area contributed by atoms with Crippen LogP contribution in [-0.2, 0) is 6.42 Å². The summed E-state index contributed by atoms with van der Waals surface area (Å²) in [5.41, 5.74) is 2.00. The van der Waals surface area contributed by atoms with Crippen LogP contribution in [0.3, 0.4) is 0 Å². The van der Waals surface area contributed by atoms with E-state index in [1.165, 1.54) is 18.2 Å². The summed E-state index contributed by atoms with van der Waals surface area (Å²) in [4.78, 5) is 14.4. The fraction of sp³-hybridized carbons (Fsp3) is 0.235. The van der Waals surface area contributed by atoms with Gasteiger partial charge < -0.3 is 4.90 Å². The van der Waals surface area contributed by atoms with Crippen LogP contribution in [0.1, 0.15) is 22.8 Å². The Labute approximate surface area is 128 Å². The quantitative estimate of drug-likeness (QED) is 0.768. The van der Waals surface area contributed by atoms with Crippen LogP contribution < -0.4 is 4.90 Å². The van der Waals surface area contributed by atoms with Gasteiger partial charge in [0.25, 0.3) is 5.91 Å². The molecule has 0 N–H and O–H groups in total. The molecule has 0 saturated heterocycles. The van der Waals surface area contributed by atoms with Gasteiger partial charge in [-0.1, -0.05) is 36.7 Å². The molecule has 0 bridgehead atoms. The van der Waals surface area contributed by atoms with Crippen LogP contribution in [0.4, 0.5) is 10.1 Å². The molecule has 2 aromatic carbocycles. The summed E-state index contributed by atoms with van der Waals surface area (Å²) in [5, 5.41) is 0.359. The second-order valence-electron chi connectivity index (χ2n) is 5.48. The Morgan fingerprint density at radius 3 is 2.86 bits per heavy atom.